The number of aromatic nitrogens is 1. The van der Waals surface area contributed by atoms with E-state index in [0.29, 0.717) is 5.69 Å². The standard InChI is InChI=1S/C19H20N2O2/c1-14-5-4-6-15(11-14)7-8-16-9-10-17(20-12-16)18(22)21-13-19(2,3)23/h4-6,9-12,23H,13H2,1-3H3,(H,21,22). The van der Waals surface area contributed by atoms with Crippen molar-refractivity contribution in [3.8, 4) is 11.8 Å². The van der Waals surface area contributed by atoms with Crippen LogP contribution in [0.25, 0.3) is 0 Å². The van der Waals surface area contributed by atoms with Crippen molar-refractivity contribution in [2.45, 2.75) is 26.4 Å². The third-order valence-electron chi connectivity index (χ3n) is 3.05. The summed E-state index contributed by atoms with van der Waals surface area (Å²) >= 11 is 0. The van der Waals surface area contributed by atoms with Crippen LogP contribution in [0.15, 0.2) is 42.6 Å². The summed E-state index contributed by atoms with van der Waals surface area (Å²) in [5.41, 5.74) is 2.20. The van der Waals surface area contributed by atoms with Crippen LogP contribution in [0.1, 0.15) is 41.0 Å². The Balaban J connectivity index is 2.04. The van der Waals surface area contributed by atoms with Crippen LogP contribution in [-0.4, -0.2) is 28.1 Å². The maximum atomic E-state index is 11.9. The van der Waals surface area contributed by atoms with E-state index >= 15 is 0 Å². The first-order chi connectivity index (χ1) is 10.8. The number of hydrogen-bond donors (Lipinski definition) is 2. The number of aryl methyl sites for hydroxylation is 1. The van der Waals surface area contributed by atoms with Crippen molar-refractivity contribution in [1.29, 1.82) is 0 Å². The van der Waals surface area contributed by atoms with Crippen LogP contribution >= 0.6 is 0 Å². The summed E-state index contributed by atoms with van der Waals surface area (Å²) in [7, 11) is 0. The Morgan fingerprint density at radius 3 is 2.57 bits per heavy atom. The van der Waals surface area contributed by atoms with Crippen molar-refractivity contribution in [3.63, 3.8) is 0 Å². The van der Waals surface area contributed by atoms with Gasteiger partial charge in [-0.2, -0.15) is 0 Å². The van der Waals surface area contributed by atoms with E-state index < -0.39 is 5.60 Å². The van der Waals surface area contributed by atoms with Gasteiger partial charge in [-0.05, 0) is 50.6 Å². The number of aliphatic hydroxyl groups is 1. The first kappa shape index (κ1) is 16.7. The van der Waals surface area contributed by atoms with Crippen molar-refractivity contribution < 1.29 is 9.90 Å². The van der Waals surface area contributed by atoms with E-state index in [4.69, 9.17) is 0 Å². The van der Waals surface area contributed by atoms with Gasteiger partial charge < -0.3 is 10.4 Å². The SMILES string of the molecule is Cc1cccc(C#Cc2ccc(C(=O)NCC(C)(C)O)nc2)c1. The fourth-order valence-electron chi connectivity index (χ4n) is 1.86. The molecule has 0 aliphatic carbocycles. The first-order valence-corrected chi connectivity index (χ1v) is 7.39. The third kappa shape index (κ3) is 5.57. The average molecular weight is 308 g/mol. The number of pyridine rings is 1. The maximum Gasteiger partial charge on any atom is 0.269 e. The van der Waals surface area contributed by atoms with Crippen molar-refractivity contribution >= 4 is 5.91 Å². The van der Waals surface area contributed by atoms with Gasteiger partial charge in [0.05, 0.1) is 5.60 Å². The minimum Gasteiger partial charge on any atom is -0.389 e. The number of amides is 1. The third-order valence-corrected chi connectivity index (χ3v) is 3.05. The molecule has 1 aromatic heterocycles. The van der Waals surface area contributed by atoms with E-state index in [-0.39, 0.29) is 12.5 Å². The number of benzene rings is 1. The second-order valence-electron chi connectivity index (χ2n) is 6.05. The molecule has 1 amide bonds. The molecule has 2 rings (SSSR count). The molecule has 1 aromatic carbocycles. The molecule has 0 fully saturated rings. The summed E-state index contributed by atoms with van der Waals surface area (Å²) in [4.78, 5) is 16.0. The zero-order valence-corrected chi connectivity index (χ0v) is 13.6. The molecular formula is C19H20N2O2. The van der Waals surface area contributed by atoms with Gasteiger partial charge in [0, 0.05) is 23.9 Å². The molecule has 118 valence electrons. The zero-order chi connectivity index (χ0) is 16.9. The van der Waals surface area contributed by atoms with Gasteiger partial charge in [0.2, 0.25) is 0 Å². The summed E-state index contributed by atoms with van der Waals surface area (Å²) in [6.45, 7) is 5.45. The number of carbonyl (C=O) groups is 1. The van der Waals surface area contributed by atoms with Gasteiger partial charge in [-0.15, -0.1) is 0 Å². The molecule has 23 heavy (non-hydrogen) atoms. The quantitative estimate of drug-likeness (QED) is 0.855. The van der Waals surface area contributed by atoms with Crippen molar-refractivity contribution in [1.82, 2.24) is 10.3 Å². The molecule has 0 bridgehead atoms. The number of carbonyl (C=O) groups excluding carboxylic acids is 1. The molecule has 0 unspecified atom stereocenters. The monoisotopic (exact) mass is 308 g/mol. The highest BCUT2D eigenvalue weighted by molar-refractivity contribution is 5.92. The van der Waals surface area contributed by atoms with Gasteiger partial charge in [0.25, 0.3) is 5.91 Å². The van der Waals surface area contributed by atoms with E-state index in [9.17, 15) is 9.90 Å². The van der Waals surface area contributed by atoms with Gasteiger partial charge in [0.1, 0.15) is 5.69 Å². The predicted molar refractivity (Wildman–Crippen MR) is 90.0 cm³/mol. The van der Waals surface area contributed by atoms with Crippen molar-refractivity contribution in [3.05, 3.63) is 65.0 Å². The minimum atomic E-state index is -0.950. The minimum absolute atomic E-state index is 0.169. The molecule has 0 spiro atoms. The molecule has 4 heteroatoms. The lowest BCUT2D eigenvalue weighted by Gasteiger charge is -2.17. The van der Waals surface area contributed by atoms with Gasteiger partial charge in [-0.25, -0.2) is 4.98 Å². The van der Waals surface area contributed by atoms with Crippen LogP contribution in [0, 0.1) is 18.8 Å². The van der Waals surface area contributed by atoms with Crippen LogP contribution < -0.4 is 5.32 Å². The normalized spacial score (nSPS) is 10.6. The molecule has 0 saturated heterocycles. The molecule has 4 nitrogen and oxygen atoms in total. The van der Waals surface area contributed by atoms with E-state index in [1.54, 1.807) is 32.2 Å². The summed E-state index contributed by atoms with van der Waals surface area (Å²) in [5.74, 6) is 5.78. The number of rotatable bonds is 3. The summed E-state index contributed by atoms with van der Waals surface area (Å²) in [6.07, 6.45) is 1.57. The molecule has 0 aliphatic rings. The van der Waals surface area contributed by atoms with Crippen molar-refractivity contribution in [2.24, 2.45) is 0 Å². The van der Waals surface area contributed by atoms with E-state index in [0.717, 1.165) is 16.7 Å². The summed E-state index contributed by atoms with van der Waals surface area (Å²) < 4.78 is 0. The fraction of sp³-hybridized carbons (Fsp3) is 0.263. The van der Waals surface area contributed by atoms with Gasteiger partial charge in [-0.3, -0.25) is 4.79 Å². The Bertz CT molecular complexity index is 747. The van der Waals surface area contributed by atoms with E-state index in [1.807, 2.05) is 31.2 Å². The molecule has 2 N–H and O–H groups in total. The van der Waals surface area contributed by atoms with Gasteiger partial charge in [0.15, 0.2) is 0 Å². The molecular weight excluding hydrogens is 288 g/mol. The van der Waals surface area contributed by atoms with Crippen LogP contribution in [0.5, 0.6) is 0 Å². The number of nitrogens with one attached hydrogen (secondary N) is 1. The topological polar surface area (TPSA) is 62.2 Å². The lowest BCUT2D eigenvalue weighted by molar-refractivity contribution is 0.0692. The Hall–Kier alpha value is -2.64. The Morgan fingerprint density at radius 2 is 1.96 bits per heavy atom. The Labute approximate surface area is 136 Å². The predicted octanol–water partition coefficient (Wildman–Crippen LogP) is 2.29. The van der Waals surface area contributed by atoms with Crippen LogP contribution in [0.2, 0.25) is 0 Å². The Morgan fingerprint density at radius 1 is 1.22 bits per heavy atom. The molecule has 0 saturated carbocycles. The molecule has 0 atom stereocenters. The first-order valence-electron chi connectivity index (χ1n) is 7.39. The van der Waals surface area contributed by atoms with Crippen LogP contribution in [-0.2, 0) is 0 Å². The summed E-state index contributed by atoms with van der Waals surface area (Å²) in [5, 5.41) is 12.2. The highest BCUT2D eigenvalue weighted by atomic mass is 16.3. The van der Waals surface area contributed by atoms with Crippen LogP contribution in [0.4, 0.5) is 0 Å². The molecule has 2 aromatic rings. The van der Waals surface area contributed by atoms with Gasteiger partial charge >= 0.3 is 0 Å². The van der Waals surface area contributed by atoms with Gasteiger partial charge in [-0.1, -0.05) is 24.0 Å². The second kappa shape index (κ2) is 7.08. The summed E-state index contributed by atoms with van der Waals surface area (Å²) in [6, 6.07) is 11.3. The number of hydrogen-bond acceptors (Lipinski definition) is 3. The zero-order valence-electron chi connectivity index (χ0n) is 13.6. The highest BCUT2D eigenvalue weighted by Crippen LogP contribution is 2.04. The lowest BCUT2D eigenvalue weighted by Crippen LogP contribution is -2.38. The highest BCUT2D eigenvalue weighted by Gasteiger charge is 2.15. The van der Waals surface area contributed by atoms with Crippen LogP contribution in [0.3, 0.4) is 0 Å². The lowest BCUT2D eigenvalue weighted by atomic mass is 10.1. The second-order valence-corrected chi connectivity index (χ2v) is 6.05. The average Bonchev–Trinajstić information content (AvgIpc) is 2.50. The van der Waals surface area contributed by atoms with E-state index in [1.165, 1.54) is 0 Å². The number of nitrogens with zero attached hydrogens (tertiary/aromatic N) is 1. The molecule has 1 heterocycles. The van der Waals surface area contributed by atoms with Crippen molar-refractivity contribution in [2.75, 3.05) is 6.54 Å². The Kier molecular flexibility index (Phi) is 5.15. The fourth-order valence-corrected chi connectivity index (χ4v) is 1.86. The maximum absolute atomic E-state index is 11.9. The molecule has 0 aliphatic heterocycles. The van der Waals surface area contributed by atoms with E-state index in [2.05, 4.69) is 22.1 Å². The largest absolute Gasteiger partial charge is 0.389 e. The smallest absolute Gasteiger partial charge is 0.269 e. The molecule has 0 radical (unpaired) electrons.